The fourth-order valence-corrected chi connectivity index (χ4v) is 2.82. The minimum absolute atomic E-state index is 0.00111. The van der Waals surface area contributed by atoms with E-state index in [9.17, 15) is 4.79 Å². The van der Waals surface area contributed by atoms with Gasteiger partial charge >= 0.3 is 0 Å². The van der Waals surface area contributed by atoms with E-state index >= 15 is 0 Å². The Morgan fingerprint density at radius 3 is 2.43 bits per heavy atom. The first-order valence-corrected chi connectivity index (χ1v) is 8.14. The monoisotopic (exact) mass is 289 g/mol. The summed E-state index contributed by atoms with van der Waals surface area (Å²) in [5.74, 6) is 0.768. The lowest BCUT2D eigenvalue weighted by Crippen LogP contribution is -2.38. The Bertz CT molecular complexity index is 462. The third-order valence-corrected chi connectivity index (χ3v) is 4.32. The number of nitrogens with one attached hydrogen (secondary N) is 1. The molecule has 0 atom stereocenters. The van der Waals surface area contributed by atoms with Crippen molar-refractivity contribution >= 4 is 5.91 Å². The van der Waals surface area contributed by atoms with Crippen LogP contribution in [0.5, 0.6) is 5.75 Å². The lowest BCUT2D eigenvalue weighted by Gasteiger charge is -2.21. The molecule has 0 bridgehead atoms. The van der Waals surface area contributed by atoms with Crippen molar-refractivity contribution in [3.8, 4) is 5.75 Å². The van der Waals surface area contributed by atoms with Crippen molar-refractivity contribution in [1.82, 2.24) is 5.32 Å². The van der Waals surface area contributed by atoms with Gasteiger partial charge in [0, 0.05) is 6.04 Å². The Morgan fingerprint density at radius 1 is 1.10 bits per heavy atom. The van der Waals surface area contributed by atoms with Crippen molar-refractivity contribution in [3.63, 3.8) is 0 Å². The molecule has 1 N–H and O–H groups in total. The first-order valence-electron chi connectivity index (χ1n) is 8.14. The summed E-state index contributed by atoms with van der Waals surface area (Å²) in [6, 6.07) is 6.27. The molecule has 0 aliphatic heterocycles. The van der Waals surface area contributed by atoms with E-state index in [0.717, 1.165) is 18.6 Å². The maximum absolute atomic E-state index is 12.0. The summed E-state index contributed by atoms with van der Waals surface area (Å²) in [6.07, 6.45) is 8.60. The van der Waals surface area contributed by atoms with E-state index in [1.54, 1.807) is 0 Å². The standard InChI is InChI=1S/C18H27NO2/c1-14-10-11-17(12-15(14)2)21-13-18(20)19-16-8-6-4-3-5-7-9-16/h10-12,16H,3-9,13H2,1-2H3,(H,19,20). The second kappa shape index (κ2) is 8.06. The molecule has 1 amide bonds. The molecule has 1 aliphatic rings. The van der Waals surface area contributed by atoms with Crippen LogP contribution < -0.4 is 10.1 Å². The number of carbonyl (C=O) groups excluding carboxylic acids is 1. The van der Waals surface area contributed by atoms with Gasteiger partial charge in [0.2, 0.25) is 0 Å². The molecule has 1 aromatic carbocycles. The molecule has 1 fully saturated rings. The van der Waals surface area contributed by atoms with E-state index in [0.29, 0.717) is 6.04 Å². The normalized spacial score (nSPS) is 16.9. The van der Waals surface area contributed by atoms with E-state index in [4.69, 9.17) is 4.74 Å². The van der Waals surface area contributed by atoms with Crippen LogP contribution in [0, 0.1) is 13.8 Å². The quantitative estimate of drug-likeness (QED) is 0.912. The van der Waals surface area contributed by atoms with Gasteiger partial charge in [-0.25, -0.2) is 0 Å². The summed E-state index contributed by atoms with van der Waals surface area (Å²) < 4.78 is 5.59. The molecule has 0 aromatic heterocycles. The van der Waals surface area contributed by atoms with Crippen molar-refractivity contribution in [1.29, 1.82) is 0 Å². The smallest absolute Gasteiger partial charge is 0.258 e. The highest BCUT2D eigenvalue weighted by molar-refractivity contribution is 5.77. The number of ether oxygens (including phenoxy) is 1. The first kappa shape index (κ1) is 15.9. The van der Waals surface area contributed by atoms with Crippen molar-refractivity contribution in [2.24, 2.45) is 0 Å². The molecule has 0 spiro atoms. The first-order chi connectivity index (χ1) is 10.1. The zero-order valence-electron chi connectivity index (χ0n) is 13.3. The molecule has 1 aliphatic carbocycles. The van der Waals surface area contributed by atoms with Gasteiger partial charge in [0.25, 0.3) is 5.91 Å². The SMILES string of the molecule is Cc1ccc(OCC(=O)NC2CCCCCCC2)cc1C. The molecule has 2 rings (SSSR count). The number of aryl methyl sites for hydroxylation is 2. The summed E-state index contributed by atoms with van der Waals surface area (Å²) in [5.41, 5.74) is 2.43. The molecule has 116 valence electrons. The highest BCUT2D eigenvalue weighted by atomic mass is 16.5. The number of amides is 1. The van der Waals surface area contributed by atoms with Crippen LogP contribution in [0.4, 0.5) is 0 Å². The molecule has 3 nitrogen and oxygen atoms in total. The van der Waals surface area contributed by atoms with E-state index in [1.165, 1.54) is 43.2 Å². The van der Waals surface area contributed by atoms with Gasteiger partial charge in [0.05, 0.1) is 0 Å². The average molecular weight is 289 g/mol. The Hall–Kier alpha value is -1.51. The predicted molar refractivity (Wildman–Crippen MR) is 85.7 cm³/mol. The third-order valence-electron chi connectivity index (χ3n) is 4.32. The van der Waals surface area contributed by atoms with Gasteiger partial charge in [0.15, 0.2) is 6.61 Å². The van der Waals surface area contributed by atoms with Gasteiger partial charge in [-0.3, -0.25) is 4.79 Å². The Morgan fingerprint density at radius 2 is 1.76 bits per heavy atom. The molecule has 21 heavy (non-hydrogen) atoms. The summed E-state index contributed by atoms with van der Waals surface area (Å²) in [7, 11) is 0. The van der Waals surface area contributed by atoms with Crippen molar-refractivity contribution < 1.29 is 9.53 Å². The number of hydrogen-bond acceptors (Lipinski definition) is 2. The molecule has 1 saturated carbocycles. The molecule has 0 saturated heterocycles. The second-order valence-corrected chi connectivity index (χ2v) is 6.14. The predicted octanol–water partition coefficient (Wildman–Crippen LogP) is 3.91. The van der Waals surface area contributed by atoms with Gasteiger partial charge < -0.3 is 10.1 Å². The Labute approximate surface area is 128 Å². The molecule has 0 heterocycles. The highest BCUT2D eigenvalue weighted by Crippen LogP contribution is 2.18. The van der Waals surface area contributed by atoms with Gasteiger partial charge in [-0.1, -0.05) is 38.2 Å². The van der Waals surface area contributed by atoms with E-state index in [-0.39, 0.29) is 12.5 Å². The maximum atomic E-state index is 12.0. The van der Waals surface area contributed by atoms with Crippen molar-refractivity contribution in [2.75, 3.05) is 6.61 Å². The third kappa shape index (κ3) is 5.41. The van der Waals surface area contributed by atoms with Crippen LogP contribution in [-0.4, -0.2) is 18.6 Å². The van der Waals surface area contributed by atoms with Crippen LogP contribution in [0.2, 0.25) is 0 Å². The van der Waals surface area contributed by atoms with Gasteiger partial charge in [-0.15, -0.1) is 0 Å². The van der Waals surface area contributed by atoms with Crippen LogP contribution in [0.15, 0.2) is 18.2 Å². The number of hydrogen-bond donors (Lipinski definition) is 1. The summed E-state index contributed by atoms with van der Waals surface area (Å²) in [4.78, 5) is 12.0. The van der Waals surface area contributed by atoms with Crippen molar-refractivity contribution in [3.05, 3.63) is 29.3 Å². The van der Waals surface area contributed by atoms with Gasteiger partial charge in [-0.2, -0.15) is 0 Å². The van der Waals surface area contributed by atoms with E-state index in [2.05, 4.69) is 19.2 Å². The second-order valence-electron chi connectivity index (χ2n) is 6.14. The minimum atomic E-state index is -0.00111. The number of carbonyl (C=O) groups is 1. The highest BCUT2D eigenvalue weighted by Gasteiger charge is 2.14. The fraction of sp³-hybridized carbons (Fsp3) is 0.611. The maximum Gasteiger partial charge on any atom is 0.258 e. The van der Waals surface area contributed by atoms with Crippen LogP contribution in [0.1, 0.15) is 56.1 Å². The summed E-state index contributed by atoms with van der Waals surface area (Å²) in [6.45, 7) is 4.23. The molecule has 3 heteroatoms. The Kier molecular flexibility index (Phi) is 6.09. The molecule has 0 unspecified atom stereocenters. The number of benzene rings is 1. The largest absolute Gasteiger partial charge is 0.484 e. The molecular formula is C18H27NO2. The minimum Gasteiger partial charge on any atom is -0.484 e. The molecular weight excluding hydrogens is 262 g/mol. The van der Waals surface area contributed by atoms with E-state index in [1.807, 2.05) is 18.2 Å². The molecule has 0 radical (unpaired) electrons. The van der Waals surface area contributed by atoms with E-state index < -0.39 is 0 Å². The average Bonchev–Trinajstić information content (AvgIpc) is 2.43. The van der Waals surface area contributed by atoms with Gasteiger partial charge in [-0.05, 0) is 49.9 Å². The number of rotatable bonds is 4. The summed E-state index contributed by atoms with van der Waals surface area (Å²) >= 11 is 0. The lowest BCUT2D eigenvalue weighted by atomic mass is 9.97. The fourth-order valence-electron chi connectivity index (χ4n) is 2.82. The topological polar surface area (TPSA) is 38.3 Å². The van der Waals surface area contributed by atoms with Crippen LogP contribution >= 0.6 is 0 Å². The molecule has 1 aromatic rings. The Balaban J connectivity index is 1.76. The zero-order chi connectivity index (χ0) is 15.1. The van der Waals surface area contributed by atoms with Gasteiger partial charge in [0.1, 0.15) is 5.75 Å². The van der Waals surface area contributed by atoms with Crippen molar-refractivity contribution in [2.45, 2.75) is 64.8 Å². The van der Waals surface area contributed by atoms with Crippen LogP contribution in [0.25, 0.3) is 0 Å². The zero-order valence-corrected chi connectivity index (χ0v) is 13.3. The lowest BCUT2D eigenvalue weighted by molar-refractivity contribution is -0.123. The van der Waals surface area contributed by atoms with Crippen LogP contribution in [0.3, 0.4) is 0 Å². The summed E-state index contributed by atoms with van der Waals surface area (Å²) in [5, 5.41) is 3.12. The van der Waals surface area contributed by atoms with Crippen LogP contribution in [-0.2, 0) is 4.79 Å².